The van der Waals surface area contributed by atoms with Gasteiger partial charge in [0, 0.05) is 71.9 Å². The maximum absolute atomic E-state index is 7.32. The Bertz CT molecular complexity index is 3890. The van der Waals surface area contributed by atoms with Gasteiger partial charge in [-0.05, 0) is 193 Å². The molecule has 9 aliphatic rings. The average Bonchev–Trinajstić information content (AvgIpc) is 1.64. The van der Waals surface area contributed by atoms with Crippen LogP contribution in [0, 0.1) is 125 Å². The van der Waals surface area contributed by atoms with Crippen molar-refractivity contribution in [1.82, 2.24) is 29.4 Å². The summed E-state index contributed by atoms with van der Waals surface area (Å²) in [5.74, 6) is 7.34. The van der Waals surface area contributed by atoms with Crippen molar-refractivity contribution in [2.45, 2.75) is 198 Å². The molecule has 9 nitrogen and oxygen atoms in total. The first-order chi connectivity index (χ1) is 55.1. The van der Waals surface area contributed by atoms with Crippen LogP contribution < -0.4 is 0 Å². The number of hydrogen-bond donors (Lipinski definition) is 0. The van der Waals surface area contributed by atoms with Gasteiger partial charge in [0.25, 0.3) is 0 Å². The minimum atomic E-state index is -1.61. The number of hydrogen-bond acceptors (Lipinski definition) is 9. The van der Waals surface area contributed by atoms with Gasteiger partial charge in [-0.1, -0.05) is 183 Å². The van der Waals surface area contributed by atoms with Crippen molar-refractivity contribution < 1.29 is 40.6 Å². The molecule has 0 bridgehead atoms. The fraction of sp³-hybridized carbons (Fsp3) is 0.480. The van der Waals surface area contributed by atoms with E-state index in [9.17, 15) is 0 Å². The van der Waals surface area contributed by atoms with Crippen LogP contribution in [0.5, 0.6) is 0 Å². The van der Waals surface area contributed by atoms with Crippen molar-refractivity contribution in [3.63, 3.8) is 0 Å². The molecule has 18 heteroatoms. The first kappa shape index (κ1) is 103. The van der Waals surface area contributed by atoms with Gasteiger partial charge in [-0.3, -0.25) is 0 Å². The number of rotatable bonds is 15. The first-order valence-corrected chi connectivity index (χ1v) is 57.6. The van der Waals surface area contributed by atoms with E-state index >= 15 is 0 Å². The number of nitriles is 3. The predicted octanol–water partition coefficient (Wildman–Crippen LogP) is 27.9. The van der Waals surface area contributed by atoms with Crippen molar-refractivity contribution in [3.8, 4) is 18.2 Å². The quantitative estimate of drug-likeness (QED) is 0.109. The van der Waals surface area contributed by atoms with Gasteiger partial charge in [-0.2, -0.15) is 35.8 Å². The van der Waals surface area contributed by atoms with Crippen LogP contribution in [-0.2, 0) is 40.6 Å². The second-order valence-electron chi connectivity index (χ2n) is 32.7. The van der Waals surface area contributed by atoms with E-state index < -0.39 is 40.6 Å². The van der Waals surface area contributed by atoms with E-state index in [1.54, 1.807) is 41.0 Å². The molecule has 0 saturated carbocycles. The number of halogens is 6. The minimum absolute atomic E-state index is 0.566. The third-order valence-corrected chi connectivity index (χ3v) is 26.8. The summed E-state index contributed by atoms with van der Waals surface area (Å²) in [6.07, 6.45) is 30.8. The van der Waals surface area contributed by atoms with Gasteiger partial charge in [-0.25, -0.2) is 0 Å². The third kappa shape index (κ3) is 33.8. The molecule has 0 radical (unpaired) electrons. The van der Waals surface area contributed by atoms with Crippen molar-refractivity contribution in [2.75, 3.05) is 39.3 Å². The molecular formula is C98H136Cl6N9Ru3-3. The molecule has 3 aliphatic heterocycles. The molecule has 3 heterocycles. The van der Waals surface area contributed by atoms with Crippen LogP contribution in [0.25, 0.3) is 0 Å². The maximum atomic E-state index is 7.32. The zero-order valence-corrected chi connectivity index (χ0v) is 83.4. The van der Waals surface area contributed by atoms with Gasteiger partial charge in [-0.15, -0.1) is 0 Å². The summed E-state index contributed by atoms with van der Waals surface area (Å²) in [4.78, 5) is 15.3. The number of benzene rings is 3. The summed E-state index contributed by atoms with van der Waals surface area (Å²) in [6, 6.07) is 34.9. The van der Waals surface area contributed by atoms with E-state index in [0.29, 0.717) is 71.0 Å². The Kier molecular flexibility index (Phi) is 48.5. The van der Waals surface area contributed by atoms with Crippen molar-refractivity contribution >= 4 is 72.0 Å². The predicted molar refractivity (Wildman–Crippen MR) is 495 cm³/mol. The van der Waals surface area contributed by atoms with E-state index in [-0.39, 0.29) is 0 Å². The molecule has 0 aromatic heterocycles. The molecule has 0 N–H and O–H groups in total. The van der Waals surface area contributed by atoms with E-state index in [2.05, 4.69) is 249 Å². The van der Waals surface area contributed by atoms with Gasteiger partial charge >= 0.3 is 220 Å². The summed E-state index contributed by atoms with van der Waals surface area (Å²) in [6.45, 7) is 64.9. The fourth-order valence-corrected chi connectivity index (χ4v) is 21.9. The topological polar surface area (TPSA) is 90.8 Å². The van der Waals surface area contributed by atoms with Gasteiger partial charge in [0.1, 0.15) is 0 Å². The van der Waals surface area contributed by atoms with Crippen molar-refractivity contribution in [2.24, 2.45) is 71.0 Å². The SMILES string of the molecule is CC#N.CC#N.CC#N.CC(C)C1=C(N2[CH-]N(C3=C(C(C)C)C=CC[C@@H]3C(C)C)CC2)[C@H](C(C)C)CC=C1.CC(C)C1=C(N2[CH-]N(C3=C(C(C)C)C=CC[C@@H]3C)CC2)[C@H](C)CC=C1.CC1=CC(C)=C(N2[CH-]N(C3=C(C)C=C(C)C[C@@H]3C)CC2)[C@H](C)C1.[Cl][Ru]([Cl])=[CH]c1ccccc1.[Cl][Ru]([Cl])=[CH]c1ccccc1.[Cl][Ru]([Cl])=[CH]c1ccccc1. The molecule has 3 fully saturated rings. The number of nitrogens with zero attached hydrogens (tertiary/aromatic N) is 9. The number of allylic oxidation sites excluding steroid dienone is 24. The molecule has 12 rings (SSSR count). The normalized spacial score (nSPS) is 21.2. The molecule has 3 aromatic rings. The summed E-state index contributed by atoms with van der Waals surface area (Å²) in [5, 5.41) is 22.0. The Morgan fingerprint density at radius 1 is 0.353 bits per heavy atom. The Morgan fingerprint density at radius 2 is 0.578 bits per heavy atom. The van der Waals surface area contributed by atoms with Crippen LogP contribution in [0.4, 0.5) is 0 Å². The summed E-state index contributed by atoms with van der Waals surface area (Å²) in [7, 11) is 34.0. The zero-order valence-electron chi connectivity index (χ0n) is 73.7. The summed E-state index contributed by atoms with van der Waals surface area (Å²) in [5.41, 5.74) is 24.7. The van der Waals surface area contributed by atoms with Crippen molar-refractivity contribution in [3.05, 3.63) is 267 Å². The molecule has 6 aliphatic carbocycles. The molecule has 3 aromatic carbocycles. The molecule has 6 atom stereocenters. The Hall–Kier alpha value is -4.97. The second kappa shape index (κ2) is 54.4. The first-order valence-electron chi connectivity index (χ1n) is 41.2. The van der Waals surface area contributed by atoms with Gasteiger partial charge < -0.3 is 29.4 Å². The summed E-state index contributed by atoms with van der Waals surface area (Å²) >= 11 is -4.84. The fourth-order valence-electron chi connectivity index (χ4n) is 16.4. The molecule has 116 heavy (non-hydrogen) atoms. The molecule has 642 valence electrons. The van der Waals surface area contributed by atoms with Crippen LogP contribution in [0.3, 0.4) is 0 Å². The van der Waals surface area contributed by atoms with Gasteiger partial charge in [0.05, 0.1) is 18.2 Å². The molecule has 0 amide bonds. The molecule has 0 unspecified atom stereocenters. The van der Waals surface area contributed by atoms with Crippen LogP contribution in [0.2, 0.25) is 0 Å². The van der Waals surface area contributed by atoms with Crippen LogP contribution in [-0.4, -0.2) is 82.5 Å². The Balaban J connectivity index is 0.000000299. The van der Waals surface area contributed by atoms with Crippen molar-refractivity contribution in [1.29, 1.82) is 15.8 Å². The molecule has 0 spiro atoms. The van der Waals surface area contributed by atoms with E-state index in [0.717, 1.165) is 68.8 Å². The summed E-state index contributed by atoms with van der Waals surface area (Å²) < 4.78 is 5.77. The van der Waals surface area contributed by atoms with Crippen LogP contribution in [0.15, 0.2) is 231 Å². The average molecular weight is 1960 g/mol. The molecule has 3 saturated heterocycles. The van der Waals surface area contributed by atoms with Crippen LogP contribution in [0.1, 0.15) is 214 Å². The third-order valence-electron chi connectivity index (χ3n) is 21.2. The second-order valence-corrected chi connectivity index (χ2v) is 49.9. The van der Waals surface area contributed by atoms with Crippen LogP contribution >= 0.6 is 58.1 Å². The molecular weight excluding hydrogens is 1820 g/mol. The monoisotopic (exact) mass is 1950 g/mol. The Morgan fingerprint density at radius 3 is 0.802 bits per heavy atom. The van der Waals surface area contributed by atoms with E-state index in [1.807, 2.05) is 105 Å². The van der Waals surface area contributed by atoms with E-state index in [4.69, 9.17) is 73.9 Å². The van der Waals surface area contributed by atoms with Gasteiger partial charge in [0.15, 0.2) is 0 Å². The zero-order chi connectivity index (χ0) is 86.5. The standard InChI is InChI=1S/C27H43N2.C23H35N2.C21H31N2.3C7H6.3C2H3N.6ClH.3Ru/c1-18(2)22-11-9-12-23(19(3)4)26(22)28-15-16-29(17-28)27-24(20(5)6)13-10-14-25(27)21(7)8;1-16(2)20-11-7-9-18(5)22(20)24-13-14-25(15-24)23-19(6)10-8-12-21(23)17(3)4;1-14-9-16(3)20(17(4)10-14)22-7-8-23(13-22)21-18(5)11-15(2)12-19(21)6;3*1-7-5-3-2-4-6-7;3*1-2-3;;;;;;;;;/h9-11,13,17-21,23,25H,12,14-16H2,1-8H3;7-8,11-12,15-19H,9-10,13-14H2,1-6H3;9,11,13,17,19H,7-8,10,12H2,1-6H3;3*1-6H;3*1H3;6*1H;;;/q3*-1;;;;;;;;;;;;;3*+2/p-6/t23-,25+;18-,19+;17-,19+;;;;;;;;;;;;;;;. The Labute approximate surface area is 744 Å². The van der Waals surface area contributed by atoms with E-state index in [1.165, 1.54) is 102 Å². The van der Waals surface area contributed by atoms with Gasteiger partial charge in [0.2, 0.25) is 0 Å².